The molecule has 5 aliphatic rings. The van der Waals surface area contributed by atoms with Gasteiger partial charge in [0.1, 0.15) is 61.3 Å². The average Bonchev–Trinajstić information content (AvgIpc) is 3.81. The fourth-order valence-electron chi connectivity index (χ4n) is 11.8. The van der Waals surface area contributed by atoms with Crippen LogP contribution in [0.5, 0.6) is 11.9 Å². The molecule has 0 spiro atoms. The van der Waals surface area contributed by atoms with Crippen molar-refractivity contribution in [2.45, 2.75) is 146 Å². The zero-order valence-electron chi connectivity index (χ0n) is 37.4. The predicted molar refractivity (Wildman–Crippen MR) is 238 cm³/mol. The van der Waals surface area contributed by atoms with E-state index in [2.05, 4.69) is 62.8 Å². The summed E-state index contributed by atoms with van der Waals surface area (Å²) in [6, 6.07) is 7.67. The normalized spacial score (nSPS) is 24.7. The highest BCUT2D eigenvalue weighted by Crippen LogP contribution is 2.47. The lowest BCUT2D eigenvalue weighted by Gasteiger charge is -2.46. The Hall–Kier alpha value is -4.61. The molecule has 1 amide bonds. The number of alkyl halides is 1. The van der Waals surface area contributed by atoms with Gasteiger partial charge in [-0.05, 0) is 81.1 Å². The maximum atomic E-state index is 17.8. The minimum absolute atomic E-state index is 0.0338. The number of carbonyl (C=O) groups is 1. The molecule has 330 valence electrons. The first-order valence-corrected chi connectivity index (χ1v) is 24.7. The number of aromatic nitrogens is 3. The zero-order valence-corrected chi connectivity index (χ0v) is 38.4. The highest BCUT2D eigenvalue weighted by molar-refractivity contribution is 6.90. The van der Waals surface area contributed by atoms with Crippen LogP contribution in [0.1, 0.15) is 100.0 Å². The lowest BCUT2D eigenvalue weighted by molar-refractivity contribution is 0.00537. The van der Waals surface area contributed by atoms with Crippen LogP contribution in [0, 0.1) is 23.1 Å². The van der Waals surface area contributed by atoms with Gasteiger partial charge in [-0.3, -0.25) is 9.80 Å². The number of nitrogens with zero attached hydrogens (tertiary/aromatic N) is 6. The maximum Gasteiger partial charge on any atom is 0.410 e. The smallest absolute Gasteiger partial charge is 0.410 e. The first-order chi connectivity index (χ1) is 29.4. The number of fused-ring (bicyclic) bond motifs is 7. The van der Waals surface area contributed by atoms with Gasteiger partial charge in [-0.15, -0.1) is 5.54 Å². The Kier molecular flexibility index (Phi) is 10.7. The Morgan fingerprint density at radius 1 is 0.984 bits per heavy atom. The SMILES string of the molecule is CC(C)[Si](C#Cc1c(F)ccc2cccc(-c3nc4c5c(nc(OC[C@@]67CCCN6C[C@H](F)C7)nc5c3F)N3C[C@H]5CC[C@@H]([C@H]3CO4)N5C(=O)OC(C)(C)C)c12)(C(C)C)C(C)C. The van der Waals surface area contributed by atoms with Crippen LogP contribution < -0.4 is 14.4 Å². The molecule has 4 saturated heterocycles. The third-order valence-corrected chi connectivity index (χ3v) is 20.8. The number of halogens is 3. The van der Waals surface area contributed by atoms with Crippen molar-refractivity contribution in [3.8, 4) is 34.6 Å². The standard InChI is InChI=1S/C48H59F3N6O4Si/c1-27(2)62(28(3)4,29(5)6)21-18-33-35(50)16-14-30-12-10-13-34(38(30)33)41-40(51)42-39-43(54-45(53-42)60-26-48-19-11-20-55(48)23-31(49)22-48)56-24-32-15-17-36(37(56)25-59-44(39)52-41)57(32)46(58)61-47(7,8)9/h10,12-14,16,27-29,31-32,36-37H,11,15,17,19-20,22-26H2,1-9H3/t31-,32-,36+,37-,48+/m1/s1. The van der Waals surface area contributed by atoms with E-state index in [1.807, 2.05) is 31.7 Å². The van der Waals surface area contributed by atoms with Gasteiger partial charge in [0.05, 0.1) is 29.2 Å². The Morgan fingerprint density at radius 3 is 2.47 bits per heavy atom. The van der Waals surface area contributed by atoms with Crippen LogP contribution in [-0.2, 0) is 4.74 Å². The molecule has 5 aliphatic heterocycles. The summed E-state index contributed by atoms with van der Waals surface area (Å²) in [5.74, 6) is 2.67. The second-order valence-corrected chi connectivity index (χ2v) is 25.8. The van der Waals surface area contributed by atoms with Crippen LogP contribution in [-0.4, -0.2) is 107 Å². The molecule has 2 aromatic carbocycles. The quantitative estimate of drug-likeness (QED) is 0.133. The number of piperazine rings is 1. The fraction of sp³-hybridized carbons (Fsp3) is 0.583. The largest absolute Gasteiger partial charge is 0.475 e. The van der Waals surface area contributed by atoms with Crippen molar-refractivity contribution in [2.75, 3.05) is 37.7 Å². The molecule has 0 aliphatic carbocycles. The van der Waals surface area contributed by atoms with Gasteiger partial charge in [-0.2, -0.15) is 9.97 Å². The Morgan fingerprint density at radius 2 is 1.74 bits per heavy atom. The van der Waals surface area contributed by atoms with Gasteiger partial charge in [0, 0.05) is 30.5 Å². The van der Waals surface area contributed by atoms with Crippen LogP contribution in [0.15, 0.2) is 30.3 Å². The van der Waals surface area contributed by atoms with Gasteiger partial charge in [0.25, 0.3) is 0 Å². The molecule has 0 saturated carbocycles. The molecule has 4 fully saturated rings. The lowest BCUT2D eigenvalue weighted by Crippen LogP contribution is -2.63. The molecular formula is C48H59F3N6O4Si. The summed E-state index contributed by atoms with van der Waals surface area (Å²) in [4.78, 5) is 34.5. The van der Waals surface area contributed by atoms with Gasteiger partial charge in [-0.25, -0.2) is 22.9 Å². The van der Waals surface area contributed by atoms with Crippen LogP contribution in [0.2, 0.25) is 16.6 Å². The summed E-state index contributed by atoms with van der Waals surface area (Å²) in [6.45, 7) is 20.7. The summed E-state index contributed by atoms with van der Waals surface area (Å²) < 4.78 is 67.9. The third-order valence-electron chi connectivity index (χ3n) is 14.5. The average molecular weight is 869 g/mol. The zero-order chi connectivity index (χ0) is 44.0. The third kappa shape index (κ3) is 6.96. The minimum Gasteiger partial charge on any atom is -0.475 e. The highest BCUT2D eigenvalue weighted by Gasteiger charge is 2.53. The molecule has 4 aromatic rings. The van der Waals surface area contributed by atoms with E-state index in [0.29, 0.717) is 63.7 Å². The van der Waals surface area contributed by atoms with Gasteiger partial charge < -0.3 is 19.1 Å². The fourth-order valence-corrected chi connectivity index (χ4v) is 17.0. The molecule has 10 nitrogen and oxygen atoms in total. The molecule has 0 N–H and O–H groups in total. The predicted octanol–water partition coefficient (Wildman–Crippen LogP) is 10.00. The summed E-state index contributed by atoms with van der Waals surface area (Å²) in [5, 5.41) is 1.45. The van der Waals surface area contributed by atoms with Crippen molar-refractivity contribution >= 4 is 41.7 Å². The van der Waals surface area contributed by atoms with E-state index in [1.165, 1.54) is 6.07 Å². The van der Waals surface area contributed by atoms with Crippen molar-refractivity contribution in [3.05, 3.63) is 47.5 Å². The van der Waals surface area contributed by atoms with E-state index < -0.39 is 37.0 Å². The van der Waals surface area contributed by atoms with Crippen molar-refractivity contribution in [3.63, 3.8) is 0 Å². The van der Waals surface area contributed by atoms with Gasteiger partial charge >= 0.3 is 12.1 Å². The molecule has 14 heteroatoms. The lowest BCUT2D eigenvalue weighted by atomic mass is 9.95. The van der Waals surface area contributed by atoms with Crippen molar-refractivity contribution in [1.82, 2.24) is 24.8 Å². The monoisotopic (exact) mass is 868 g/mol. The van der Waals surface area contributed by atoms with Gasteiger partial charge in [-0.1, -0.05) is 71.7 Å². The van der Waals surface area contributed by atoms with Crippen LogP contribution in [0.25, 0.3) is 32.9 Å². The summed E-state index contributed by atoms with van der Waals surface area (Å²) in [6.07, 6.45) is 2.21. The number of hydrogen-bond acceptors (Lipinski definition) is 9. The van der Waals surface area contributed by atoms with E-state index in [9.17, 15) is 9.18 Å². The molecule has 5 atom stereocenters. The van der Waals surface area contributed by atoms with Gasteiger partial charge in [0.2, 0.25) is 5.88 Å². The number of benzene rings is 2. The van der Waals surface area contributed by atoms with E-state index >= 15 is 8.78 Å². The number of amides is 1. The van der Waals surface area contributed by atoms with Crippen LogP contribution >= 0.6 is 0 Å². The number of rotatable bonds is 7. The summed E-state index contributed by atoms with van der Waals surface area (Å²) in [5.41, 5.74) is 3.93. The van der Waals surface area contributed by atoms with E-state index in [-0.39, 0.29) is 66.1 Å². The van der Waals surface area contributed by atoms with Crippen LogP contribution in [0.3, 0.4) is 0 Å². The van der Waals surface area contributed by atoms with E-state index in [1.54, 1.807) is 18.2 Å². The van der Waals surface area contributed by atoms with Gasteiger partial charge in [0.15, 0.2) is 5.82 Å². The molecule has 0 unspecified atom stereocenters. The Bertz CT molecular complexity index is 2480. The molecule has 9 rings (SSSR count). The molecule has 7 heterocycles. The topological polar surface area (TPSA) is 93.2 Å². The second kappa shape index (κ2) is 15.6. The molecular weight excluding hydrogens is 810 g/mol. The number of anilines is 1. The first kappa shape index (κ1) is 42.7. The molecule has 2 bridgehead atoms. The first-order valence-electron chi connectivity index (χ1n) is 22.5. The number of carbonyl (C=O) groups excluding carboxylic acids is 1. The Balaban J connectivity index is 1.21. The molecule has 2 aromatic heterocycles. The minimum atomic E-state index is -2.29. The second-order valence-electron chi connectivity index (χ2n) is 20.2. The van der Waals surface area contributed by atoms with E-state index in [4.69, 9.17) is 29.2 Å². The Labute approximate surface area is 363 Å². The summed E-state index contributed by atoms with van der Waals surface area (Å²) in [7, 11) is -2.29. The molecule has 0 radical (unpaired) electrons. The van der Waals surface area contributed by atoms with Crippen LogP contribution in [0.4, 0.5) is 23.8 Å². The molecule has 62 heavy (non-hydrogen) atoms. The number of pyridine rings is 1. The number of hydrogen-bond donors (Lipinski definition) is 0. The van der Waals surface area contributed by atoms with Crippen molar-refractivity contribution < 1.29 is 32.2 Å². The van der Waals surface area contributed by atoms with Crippen molar-refractivity contribution in [1.29, 1.82) is 0 Å². The number of ether oxygens (including phenoxy) is 3. The van der Waals surface area contributed by atoms with E-state index in [0.717, 1.165) is 32.2 Å². The summed E-state index contributed by atoms with van der Waals surface area (Å²) >= 11 is 0. The maximum absolute atomic E-state index is 17.8. The van der Waals surface area contributed by atoms with Crippen molar-refractivity contribution in [2.24, 2.45) is 0 Å². The highest BCUT2D eigenvalue weighted by atomic mass is 28.3.